The molecule has 0 aromatic heterocycles. The van der Waals surface area contributed by atoms with E-state index in [2.05, 4.69) is 53.8 Å². The minimum Gasteiger partial charge on any atom is -0.385 e. The molecule has 1 heterocycles. The molecule has 0 saturated carbocycles. The summed E-state index contributed by atoms with van der Waals surface area (Å²) in [5, 5.41) is 3.57. The summed E-state index contributed by atoms with van der Waals surface area (Å²) in [7, 11) is 0. The second-order valence-electron chi connectivity index (χ2n) is 4.97. The predicted molar refractivity (Wildman–Crippen MR) is 77.1 cm³/mol. The molecule has 2 aromatic carbocycles. The summed E-state index contributed by atoms with van der Waals surface area (Å²) in [6.07, 6.45) is 4.73. The predicted octanol–water partition coefficient (Wildman–Crippen LogP) is 3.83. The Morgan fingerprint density at radius 2 is 1.78 bits per heavy atom. The summed E-state index contributed by atoms with van der Waals surface area (Å²) in [6, 6.07) is 17.5. The number of nitrogens with one attached hydrogen (secondary N) is 1. The third kappa shape index (κ3) is 2.40. The van der Waals surface area contributed by atoms with Gasteiger partial charge in [0.2, 0.25) is 0 Å². The first-order valence-corrected chi connectivity index (χ1v) is 6.82. The zero-order valence-corrected chi connectivity index (χ0v) is 10.7. The summed E-state index contributed by atoms with van der Waals surface area (Å²) in [6.45, 7) is 1.12. The summed E-state index contributed by atoms with van der Waals surface area (Å²) >= 11 is 0. The van der Waals surface area contributed by atoms with Crippen LogP contribution in [0.2, 0.25) is 0 Å². The molecule has 1 nitrogen and oxygen atoms in total. The lowest BCUT2D eigenvalue weighted by molar-refractivity contribution is 0.820. The van der Waals surface area contributed by atoms with Crippen molar-refractivity contribution in [3.05, 3.63) is 65.2 Å². The van der Waals surface area contributed by atoms with Crippen molar-refractivity contribution in [1.82, 2.24) is 0 Å². The van der Waals surface area contributed by atoms with Gasteiger partial charge in [-0.15, -0.1) is 0 Å². The second kappa shape index (κ2) is 5.26. The Kier molecular flexibility index (Phi) is 3.31. The highest BCUT2D eigenvalue weighted by Crippen LogP contribution is 2.26. The van der Waals surface area contributed by atoms with Gasteiger partial charge in [0.15, 0.2) is 0 Å². The van der Waals surface area contributed by atoms with Gasteiger partial charge in [-0.25, -0.2) is 0 Å². The van der Waals surface area contributed by atoms with Crippen molar-refractivity contribution in [3.8, 4) is 0 Å². The van der Waals surface area contributed by atoms with Crippen LogP contribution in [0.25, 0.3) is 0 Å². The summed E-state index contributed by atoms with van der Waals surface area (Å²) < 4.78 is 0. The maximum absolute atomic E-state index is 3.57. The first-order chi connectivity index (χ1) is 8.93. The molecule has 1 aliphatic heterocycles. The van der Waals surface area contributed by atoms with Crippen molar-refractivity contribution in [2.75, 3.05) is 11.9 Å². The van der Waals surface area contributed by atoms with Crippen molar-refractivity contribution in [2.24, 2.45) is 0 Å². The van der Waals surface area contributed by atoms with E-state index in [1.165, 1.54) is 35.2 Å². The third-order valence-electron chi connectivity index (χ3n) is 3.69. The summed E-state index contributed by atoms with van der Waals surface area (Å²) in [5.74, 6) is 0. The van der Waals surface area contributed by atoms with E-state index in [1.807, 2.05) is 0 Å². The standard InChI is InChI=1S/C17H19N/c1-2-6-14(7-3-1)11-12-16-9-4-8-15-10-5-13-18-17(15)16/h1-4,6-9,18H,5,10-13H2. The summed E-state index contributed by atoms with van der Waals surface area (Å²) in [5.41, 5.74) is 5.79. The maximum Gasteiger partial charge on any atom is 0.0405 e. The normalized spacial score (nSPS) is 13.8. The van der Waals surface area contributed by atoms with Crippen molar-refractivity contribution < 1.29 is 0 Å². The van der Waals surface area contributed by atoms with Crippen LogP contribution in [0.1, 0.15) is 23.1 Å². The molecule has 0 saturated heterocycles. The number of para-hydroxylation sites is 1. The molecule has 0 unspecified atom stereocenters. The van der Waals surface area contributed by atoms with Crippen LogP contribution in [-0.2, 0) is 19.3 Å². The quantitative estimate of drug-likeness (QED) is 0.855. The molecule has 1 heteroatoms. The number of anilines is 1. The molecule has 0 radical (unpaired) electrons. The summed E-state index contributed by atoms with van der Waals surface area (Å²) in [4.78, 5) is 0. The van der Waals surface area contributed by atoms with E-state index in [1.54, 1.807) is 0 Å². The van der Waals surface area contributed by atoms with E-state index in [0.717, 1.165) is 19.4 Å². The van der Waals surface area contributed by atoms with Crippen LogP contribution in [-0.4, -0.2) is 6.54 Å². The van der Waals surface area contributed by atoms with Gasteiger partial charge in [-0.1, -0.05) is 48.5 Å². The fourth-order valence-corrected chi connectivity index (χ4v) is 2.71. The van der Waals surface area contributed by atoms with Gasteiger partial charge < -0.3 is 5.32 Å². The molecule has 1 N–H and O–H groups in total. The smallest absolute Gasteiger partial charge is 0.0405 e. The van der Waals surface area contributed by atoms with E-state index >= 15 is 0 Å². The van der Waals surface area contributed by atoms with Gasteiger partial charge in [0.05, 0.1) is 0 Å². The molecular formula is C17H19N. The van der Waals surface area contributed by atoms with Crippen molar-refractivity contribution >= 4 is 5.69 Å². The van der Waals surface area contributed by atoms with Gasteiger partial charge in [-0.3, -0.25) is 0 Å². The van der Waals surface area contributed by atoms with Crippen LogP contribution in [0.15, 0.2) is 48.5 Å². The number of hydrogen-bond donors (Lipinski definition) is 1. The largest absolute Gasteiger partial charge is 0.385 e. The molecule has 1 aliphatic rings. The molecule has 0 aliphatic carbocycles. The van der Waals surface area contributed by atoms with Crippen molar-refractivity contribution in [3.63, 3.8) is 0 Å². The number of benzene rings is 2. The minimum atomic E-state index is 1.12. The zero-order valence-electron chi connectivity index (χ0n) is 10.7. The van der Waals surface area contributed by atoms with E-state index in [9.17, 15) is 0 Å². The second-order valence-corrected chi connectivity index (χ2v) is 4.97. The topological polar surface area (TPSA) is 12.0 Å². The van der Waals surface area contributed by atoms with Gasteiger partial charge in [0, 0.05) is 12.2 Å². The Morgan fingerprint density at radius 3 is 2.67 bits per heavy atom. The minimum absolute atomic E-state index is 1.12. The lowest BCUT2D eigenvalue weighted by Crippen LogP contribution is -2.13. The Hall–Kier alpha value is -1.76. The molecule has 2 aromatic rings. The number of rotatable bonds is 3. The maximum atomic E-state index is 3.57. The number of aryl methyl sites for hydroxylation is 3. The van der Waals surface area contributed by atoms with Gasteiger partial charge in [-0.2, -0.15) is 0 Å². The average Bonchev–Trinajstić information content (AvgIpc) is 2.46. The Labute approximate surface area is 109 Å². The fourth-order valence-electron chi connectivity index (χ4n) is 2.71. The first kappa shape index (κ1) is 11.3. The van der Waals surface area contributed by atoms with Crippen LogP contribution >= 0.6 is 0 Å². The van der Waals surface area contributed by atoms with Gasteiger partial charge in [-0.05, 0) is 42.4 Å². The third-order valence-corrected chi connectivity index (χ3v) is 3.69. The molecule has 0 spiro atoms. The number of hydrogen-bond acceptors (Lipinski definition) is 1. The molecule has 0 amide bonds. The van der Waals surface area contributed by atoms with Gasteiger partial charge >= 0.3 is 0 Å². The molecule has 92 valence electrons. The average molecular weight is 237 g/mol. The molecule has 0 atom stereocenters. The van der Waals surface area contributed by atoms with Crippen molar-refractivity contribution in [1.29, 1.82) is 0 Å². The molecule has 18 heavy (non-hydrogen) atoms. The lowest BCUT2D eigenvalue weighted by atomic mass is 9.96. The van der Waals surface area contributed by atoms with E-state index in [-0.39, 0.29) is 0 Å². The van der Waals surface area contributed by atoms with E-state index in [0.29, 0.717) is 0 Å². The molecular weight excluding hydrogens is 218 g/mol. The highest BCUT2D eigenvalue weighted by molar-refractivity contribution is 5.59. The number of fused-ring (bicyclic) bond motifs is 1. The monoisotopic (exact) mass is 237 g/mol. The van der Waals surface area contributed by atoms with E-state index in [4.69, 9.17) is 0 Å². The van der Waals surface area contributed by atoms with Crippen LogP contribution < -0.4 is 5.32 Å². The zero-order chi connectivity index (χ0) is 12.2. The van der Waals surface area contributed by atoms with Crippen LogP contribution in [0.5, 0.6) is 0 Å². The SMILES string of the molecule is c1ccc(CCc2cccc3c2NCCC3)cc1. The Balaban J connectivity index is 1.77. The Morgan fingerprint density at radius 1 is 0.889 bits per heavy atom. The van der Waals surface area contributed by atoms with Gasteiger partial charge in [0.1, 0.15) is 0 Å². The molecule has 0 fully saturated rings. The Bertz CT molecular complexity index is 516. The lowest BCUT2D eigenvalue weighted by Gasteiger charge is -2.21. The van der Waals surface area contributed by atoms with Crippen molar-refractivity contribution in [2.45, 2.75) is 25.7 Å². The van der Waals surface area contributed by atoms with Crippen LogP contribution in [0.4, 0.5) is 5.69 Å². The van der Waals surface area contributed by atoms with Crippen LogP contribution in [0, 0.1) is 0 Å². The van der Waals surface area contributed by atoms with Gasteiger partial charge in [0.25, 0.3) is 0 Å². The first-order valence-electron chi connectivity index (χ1n) is 6.82. The highest BCUT2D eigenvalue weighted by Gasteiger charge is 2.11. The van der Waals surface area contributed by atoms with Crippen LogP contribution in [0.3, 0.4) is 0 Å². The fraction of sp³-hybridized carbons (Fsp3) is 0.294. The highest BCUT2D eigenvalue weighted by atomic mass is 14.9. The molecule has 3 rings (SSSR count). The van der Waals surface area contributed by atoms with E-state index < -0.39 is 0 Å². The molecule has 0 bridgehead atoms.